The number of carbonyl (C=O) groups excluding carboxylic acids is 1. The molecule has 1 fully saturated rings. The summed E-state index contributed by atoms with van der Waals surface area (Å²) in [6.45, 7) is 1.90. The van der Waals surface area contributed by atoms with Crippen LogP contribution in [0.15, 0.2) is 47.1 Å². The first-order chi connectivity index (χ1) is 9.75. The number of benzene rings is 1. The summed E-state index contributed by atoms with van der Waals surface area (Å²) >= 11 is 0. The van der Waals surface area contributed by atoms with Crippen LogP contribution in [0.4, 0.5) is 4.39 Å². The molecule has 0 aliphatic carbocycles. The number of furan rings is 1. The lowest BCUT2D eigenvalue weighted by Gasteiger charge is -2.36. The number of nitrogens with one attached hydrogen (secondary N) is 1. The van der Waals surface area contributed by atoms with E-state index >= 15 is 0 Å². The molecule has 6 heteroatoms. The predicted octanol–water partition coefficient (Wildman–Crippen LogP) is 2.63. The second kappa shape index (κ2) is 6.74. The average molecular weight is 311 g/mol. The maximum atomic E-state index is 13.4. The van der Waals surface area contributed by atoms with Crippen LogP contribution in [0.1, 0.15) is 22.2 Å². The second-order valence-electron chi connectivity index (χ2n) is 4.75. The van der Waals surface area contributed by atoms with Crippen LogP contribution in [0.3, 0.4) is 0 Å². The summed E-state index contributed by atoms with van der Waals surface area (Å²) in [6.07, 6.45) is 1.48. The quantitative estimate of drug-likeness (QED) is 0.927. The van der Waals surface area contributed by atoms with E-state index in [-0.39, 0.29) is 30.2 Å². The summed E-state index contributed by atoms with van der Waals surface area (Å²) in [5.74, 6) is -0.141. The molecule has 1 saturated heterocycles. The summed E-state index contributed by atoms with van der Waals surface area (Å²) in [6, 6.07) is 9.52. The van der Waals surface area contributed by atoms with Crippen LogP contribution in [0, 0.1) is 5.82 Å². The zero-order chi connectivity index (χ0) is 13.9. The van der Waals surface area contributed by atoms with Crippen molar-refractivity contribution >= 4 is 18.3 Å². The molecule has 1 atom stereocenters. The normalized spacial score (nSPS) is 18.1. The molecule has 21 heavy (non-hydrogen) atoms. The molecule has 1 aromatic carbocycles. The number of halogens is 2. The van der Waals surface area contributed by atoms with Crippen molar-refractivity contribution in [3.8, 4) is 0 Å². The van der Waals surface area contributed by atoms with Crippen molar-refractivity contribution in [2.75, 3.05) is 19.6 Å². The Morgan fingerprint density at radius 1 is 1.33 bits per heavy atom. The number of nitrogens with zero attached hydrogens (tertiary/aromatic N) is 1. The second-order valence-corrected chi connectivity index (χ2v) is 4.75. The van der Waals surface area contributed by atoms with E-state index in [0.29, 0.717) is 18.8 Å². The predicted molar refractivity (Wildman–Crippen MR) is 79.0 cm³/mol. The SMILES string of the molecule is Cl.O=C(c1ccco1)N1CCNCC1c1cccc(F)c1. The summed E-state index contributed by atoms with van der Waals surface area (Å²) in [5.41, 5.74) is 0.789. The topological polar surface area (TPSA) is 45.5 Å². The van der Waals surface area contributed by atoms with Gasteiger partial charge in [-0.1, -0.05) is 12.1 Å². The van der Waals surface area contributed by atoms with Gasteiger partial charge in [-0.2, -0.15) is 0 Å². The van der Waals surface area contributed by atoms with Gasteiger partial charge in [0.15, 0.2) is 5.76 Å². The summed E-state index contributed by atoms with van der Waals surface area (Å²) in [4.78, 5) is 14.2. The Balaban J connectivity index is 0.00000161. The van der Waals surface area contributed by atoms with Gasteiger partial charge >= 0.3 is 0 Å². The number of amides is 1. The van der Waals surface area contributed by atoms with Gasteiger partial charge < -0.3 is 14.6 Å². The van der Waals surface area contributed by atoms with Gasteiger partial charge in [0.25, 0.3) is 5.91 Å². The molecule has 2 heterocycles. The molecule has 1 aliphatic rings. The average Bonchev–Trinajstić information content (AvgIpc) is 3.01. The molecule has 2 aromatic rings. The lowest BCUT2D eigenvalue weighted by molar-refractivity contribution is 0.0601. The molecule has 3 rings (SSSR count). The van der Waals surface area contributed by atoms with Gasteiger partial charge in [-0.05, 0) is 29.8 Å². The van der Waals surface area contributed by atoms with Crippen molar-refractivity contribution in [1.82, 2.24) is 10.2 Å². The van der Waals surface area contributed by atoms with E-state index in [1.165, 1.54) is 18.4 Å². The Morgan fingerprint density at radius 2 is 2.19 bits per heavy atom. The van der Waals surface area contributed by atoms with E-state index < -0.39 is 0 Å². The van der Waals surface area contributed by atoms with Crippen LogP contribution in [0.5, 0.6) is 0 Å². The fraction of sp³-hybridized carbons (Fsp3) is 0.267. The van der Waals surface area contributed by atoms with E-state index in [2.05, 4.69) is 5.32 Å². The van der Waals surface area contributed by atoms with Gasteiger partial charge in [0, 0.05) is 19.6 Å². The third kappa shape index (κ3) is 3.25. The number of carbonyl (C=O) groups is 1. The molecule has 4 nitrogen and oxygen atoms in total. The molecule has 0 saturated carbocycles. The van der Waals surface area contributed by atoms with Crippen LogP contribution in [0.2, 0.25) is 0 Å². The maximum absolute atomic E-state index is 13.4. The molecule has 1 amide bonds. The standard InChI is InChI=1S/C15H15FN2O2.ClH/c16-12-4-1-3-11(9-12)13-10-17-6-7-18(13)15(19)14-5-2-8-20-14;/h1-5,8-9,13,17H,6-7,10H2;1H. The highest BCUT2D eigenvalue weighted by Crippen LogP contribution is 2.24. The van der Waals surface area contributed by atoms with E-state index in [1.807, 2.05) is 6.07 Å². The maximum Gasteiger partial charge on any atom is 0.290 e. The summed E-state index contributed by atoms with van der Waals surface area (Å²) in [7, 11) is 0. The van der Waals surface area contributed by atoms with Crippen LogP contribution in [-0.2, 0) is 0 Å². The first kappa shape index (κ1) is 15.5. The van der Waals surface area contributed by atoms with Crippen molar-refractivity contribution in [3.63, 3.8) is 0 Å². The first-order valence-electron chi connectivity index (χ1n) is 6.56. The first-order valence-corrected chi connectivity index (χ1v) is 6.56. The molecule has 1 aromatic heterocycles. The molecular formula is C15H16ClFN2O2. The van der Waals surface area contributed by atoms with E-state index in [4.69, 9.17) is 4.42 Å². The Labute approximate surface area is 128 Å². The third-order valence-electron chi connectivity index (χ3n) is 3.47. The van der Waals surface area contributed by atoms with Gasteiger partial charge in [-0.25, -0.2) is 4.39 Å². The molecule has 1 N–H and O–H groups in total. The molecule has 1 unspecified atom stereocenters. The van der Waals surface area contributed by atoms with Crippen LogP contribution in [0.25, 0.3) is 0 Å². The lowest BCUT2D eigenvalue weighted by Crippen LogP contribution is -2.48. The highest BCUT2D eigenvalue weighted by Gasteiger charge is 2.29. The number of rotatable bonds is 2. The van der Waals surface area contributed by atoms with E-state index in [9.17, 15) is 9.18 Å². The Morgan fingerprint density at radius 3 is 2.90 bits per heavy atom. The van der Waals surface area contributed by atoms with Gasteiger partial charge in [0.2, 0.25) is 0 Å². The highest BCUT2D eigenvalue weighted by molar-refractivity contribution is 5.91. The number of hydrogen-bond donors (Lipinski definition) is 1. The number of hydrogen-bond acceptors (Lipinski definition) is 3. The fourth-order valence-corrected chi connectivity index (χ4v) is 2.50. The minimum absolute atomic E-state index is 0. The molecular weight excluding hydrogens is 295 g/mol. The number of piperazine rings is 1. The smallest absolute Gasteiger partial charge is 0.290 e. The van der Waals surface area contributed by atoms with Crippen molar-refractivity contribution in [2.24, 2.45) is 0 Å². The van der Waals surface area contributed by atoms with E-state index in [0.717, 1.165) is 12.1 Å². The Kier molecular flexibility index (Phi) is 4.98. The minimum Gasteiger partial charge on any atom is -0.459 e. The molecule has 1 aliphatic heterocycles. The van der Waals surface area contributed by atoms with Crippen molar-refractivity contribution in [3.05, 3.63) is 59.8 Å². The summed E-state index contributed by atoms with van der Waals surface area (Å²) < 4.78 is 18.6. The monoisotopic (exact) mass is 310 g/mol. The van der Waals surface area contributed by atoms with Crippen molar-refractivity contribution in [1.29, 1.82) is 0 Å². The fourth-order valence-electron chi connectivity index (χ4n) is 2.50. The molecule has 0 bridgehead atoms. The van der Waals surface area contributed by atoms with Crippen LogP contribution >= 0.6 is 12.4 Å². The van der Waals surface area contributed by atoms with Crippen molar-refractivity contribution in [2.45, 2.75) is 6.04 Å². The van der Waals surface area contributed by atoms with Crippen molar-refractivity contribution < 1.29 is 13.6 Å². The molecule has 0 radical (unpaired) electrons. The lowest BCUT2D eigenvalue weighted by atomic mass is 10.0. The van der Waals surface area contributed by atoms with Gasteiger partial charge in [0.05, 0.1) is 12.3 Å². The Hall–Kier alpha value is -1.85. The third-order valence-corrected chi connectivity index (χ3v) is 3.47. The van der Waals surface area contributed by atoms with E-state index in [1.54, 1.807) is 23.1 Å². The molecule has 112 valence electrons. The zero-order valence-electron chi connectivity index (χ0n) is 11.3. The van der Waals surface area contributed by atoms with Gasteiger partial charge in [-0.15, -0.1) is 12.4 Å². The van der Waals surface area contributed by atoms with Gasteiger partial charge in [0.1, 0.15) is 5.82 Å². The minimum atomic E-state index is -0.293. The Bertz CT molecular complexity index is 603. The highest BCUT2D eigenvalue weighted by atomic mass is 35.5. The summed E-state index contributed by atoms with van der Waals surface area (Å²) in [5, 5.41) is 3.24. The van der Waals surface area contributed by atoms with Crippen LogP contribution in [-0.4, -0.2) is 30.4 Å². The zero-order valence-corrected chi connectivity index (χ0v) is 12.1. The molecule has 0 spiro atoms. The van der Waals surface area contributed by atoms with Gasteiger partial charge in [-0.3, -0.25) is 4.79 Å². The largest absolute Gasteiger partial charge is 0.459 e. The van der Waals surface area contributed by atoms with Crippen LogP contribution < -0.4 is 5.32 Å².